The number of rotatable bonds is 3. The van der Waals surface area contributed by atoms with Gasteiger partial charge in [-0.2, -0.15) is 13.2 Å². The quantitative estimate of drug-likeness (QED) is 0.555. The van der Waals surface area contributed by atoms with Crippen molar-refractivity contribution in [1.82, 2.24) is 24.7 Å². The Morgan fingerprint density at radius 2 is 1.75 bits per heavy atom. The number of nitrogens with zero attached hydrogens (tertiary/aromatic N) is 5. The zero-order valence-corrected chi connectivity index (χ0v) is 23.8. The van der Waals surface area contributed by atoms with E-state index in [1.165, 1.54) is 18.5 Å². The summed E-state index contributed by atoms with van der Waals surface area (Å²) in [5, 5.41) is 11.1. The smallest absolute Gasteiger partial charge is 0.391 e. The summed E-state index contributed by atoms with van der Waals surface area (Å²) in [7, 11) is 0. The second-order valence-corrected chi connectivity index (χ2v) is 12.1. The Labute approximate surface area is 234 Å². The van der Waals surface area contributed by atoms with Crippen LogP contribution in [0.2, 0.25) is 0 Å². The fraction of sp³-hybridized carbons (Fsp3) is 0.633. The fourth-order valence-corrected chi connectivity index (χ4v) is 7.11. The molecule has 1 N–H and O–H groups in total. The van der Waals surface area contributed by atoms with Crippen molar-refractivity contribution in [1.29, 1.82) is 0 Å². The van der Waals surface area contributed by atoms with Gasteiger partial charge in [0.05, 0.1) is 34.7 Å². The molecule has 3 heterocycles. The number of aliphatic hydroxyl groups is 1. The van der Waals surface area contributed by atoms with Crippen molar-refractivity contribution < 1.29 is 23.1 Å². The van der Waals surface area contributed by atoms with Crippen molar-refractivity contribution in [2.75, 3.05) is 32.7 Å². The van der Waals surface area contributed by atoms with Gasteiger partial charge in [0, 0.05) is 44.3 Å². The van der Waals surface area contributed by atoms with Crippen molar-refractivity contribution in [3.8, 4) is 0 Å². The summed E-state index contributed by atoms with van der Waals surface area (Å²) < 4.78 is 39.8. The van der Waals surface area contributed by atoms with Gasteiger partial charge in [0.25, 0.3) is 5.91 Å². The zero-order chi connectivity index (χ0) is 28.8. The molecule has 3 atom stereocenters. The Balaban J connectivity index is 1.23. The maximum atomic E-state index is 13.3. The summed E-state index contributed by atoms with van der Waals surface area (Å²) in [6.45, 7) is 12.0. The molecule has 2 aliphatic heterocycles. The molecule has 2 fully saturated rings. The third-order valence-electron chi connectivity index (χ3n) is 9.53. The maximum Gasteiger partial charge on any atom is 0.416 e. The van der Waals surface area contributed by atoms with E-state index in [4.69, 9.17) is 0 Å². The summed E-state index contributed by atoms with van der Waals surface area (Å²) in [6.07, 6.45) is 3.40. The molecule has 10 heteroatoms. The molecule has 2 saturated heterocycles. The van der Waals surface area contributed by atoms with Crippen LogP contribution in [0.5, 0.6) is 0 Å². The number of aromatic nitrogens is 2. The maximum absolute atomic E-state index is 13.3. The highest BCUT2D eigenvalue weighted by Gasteiger charge is 2.45. The molecule has 0 aromatic carbocycles. The Morgan fingerprint density at radius 3 is 2.38 bits per heavy atom. The first-order valence-electron chi connectivity index (χ1n) is 14.3. The molecule has 1 amide bonds. The second kappa shape index (κ2) is 11.0. The summed E-state index contributed by atoms with van der Waals surface area (Å²) >= 11 is 0. The van der Waals surface area contributed by atoms with E-state index in [1.807, 2.05) is 18.7 Å². The number of aryl methyl sites for hydroxylation is 2. The monoisotopic (exact) mass is 559 g/mol. The van der Waals surface area contributed by atoms with Crippen LogP contribution in [0.4, 0.5) is 13.2 Å². The number of halogens is 3. The molecule has 40 heavy (non-hydrogen) atoms. The van der Waals surface area contributed by atoms with Crippen molar-refractivity contribution in [3.63, 3.8) is 0 Å². The van der Waals surface area contributed by atoms with Gasteiger partial charge >= 0.3 is 6.18 Å². The number of piperazine rings is 1. The third-order valence-corrected chi connectivity index (χ3v) is 9.53. The number of carbonyl (C=O) groups excluding carboxylic acids is 1. The first-order valence-corrected chi connectivity index (χ1v) is 14.3. The first-order chi connectivity index (χ1) is 18.9. The predicted molar refractivity (Wildman–Crippen MR) is 147 cm³/mol. The summed E-state index contributed by atoms with van der Waals surface area (Å²) in [6, 6.07) is 0.0173. The summed E-state index contributed by atoms with van der Waals surface area (Å²) in [4.78, 5) is 28.5. The number of hydrogen-bond donors (Lipinski definition) is 1. The number of hydrogen-bond acceptors (Lipinski definition) is 6. The Morgan fingerprint density at radius 1 is 1.07 bits per heavy atom. The SMILES string of the molecule is Cc1ncnc(C)c1C(=O)N1CCC(C)(N2CCN(C3C4=C(C/C=C(/C(F)(F)F)C=CC4)CC3O)[C@@H](C)C2)CC1. The summed E-state index contributed by atoms with van der Waals surface area (Å²) in [5.41, 5.74) is 3.40. The molecular weight excluding hydrogens is 519 g/mol. The van der Waals surface area contributed by atoms with E-state index in [2.05, 4.69) is 33.6 Å². The van der Waals surface area contributed by atoms with Crippen LogP contribution in [0, 0.1) is 13.8 Å². The van der Waals surface area contributed by atoms with Crippen LogP contribution in [-0.4, -0.2) is 98.3 Å². The molecule has 0 radical (unpaired) electrons. The molecule has 4 aliphatic rings. The number of amides is 1. The number of piperidine rings is 1. The average Bonchev–Trinajstić information content (AvgIpc) is 3.17. The van der Waals surface area contributed by atoms with Crippen molar-refractivity contribution in [2.45, 2.75) is 89.7 Å². The lowest BCUT2D eigenvalue weighted by atomic mass is 9.85. The van der Waals surface area contributed by atoms with Crippen LogP contribution < -0.4 is 0 Å². The molecule has 2 aliphatic carbocycles. The van der Waals surface area contributed by atoms with E-state index in [9.17, 15) is 23.1 Å². The van der Waals surface area contributed by atoms with E-state index in [-0.39, 0.29) is 30.0 Å². The molecule has 2 unspecified atom stereocenters. The van der Waals surface area contributed by atoms with Gasteiger partial charge in [-0.15, -0.1) is 0 Å². The molecule has 1 aromatic heterocycles. The minimum absolute atomic E-state index is 0.000543. The van der Waals surface area contributed by atoms with E-state index in [1.54, 1.807) is 6.08 Å². The average molecular weight is 560 g/mol. The van der Waals surface area contributed by atoms with Crippen molar-refractivity contribution in [3.05, 3.63) is 58.2 Å². The van der Waals surface area contributed by atoms with E-state index < -0.39 is 17.9 Å². The molecule has 5 rings (SSSR count). The number of carbonyl (C=O) groups is 1. The highest BCUT2D eigenvalue weighted by Crippen LogP contribution is 2.40. The normalized spacial score (nSPS) is 29.6. The van der Waals surface area contributed by atoms with E-state index >= 15 is 0 Å². The van der Waals surface area contributed by atoms with Gasteiger partial charge in [-0.1, -0.05) is 23.8 Å². The van der Waals surface area contributed by atoms with Gasteiger partial charge in [0.15, 0.2) is 0 Å². The minimum atomic E-state index is -4.36. The number of aliphatic hydroxyl groups excluding tert-OH is 1. The highest BCUT2D eigenvalue weighted by atomic mass is 19.4. The zero-order valence-electron chi connectivity index (χ0n) is 23.8. The molecule has 0 saturated carbocycles. The Hall–Kier alpha value is -2.56. The lowest BCUT2D eigenvalue weighted by Gasteiger charge is -2.53. The van der Waals surface area contributed by atoms with E-state index in [0.29, 0.717) is 42.9 Å². The topological polar surface area (TPSA) is 72.8 Å². The van der Waals surface area contributed by atoms with Gasteiger partial charge in [-0.25, -0.2) is 9.97 Å². The van der Waals surface area contributed by atoms with Crippen LogP contribution in [0.15, 0.2) is 41.3 Å². The van der Waals surface area contributed by atoms with Crippen molar-refractivity contribution in [2.24, 2.45) is 0 Å². The molecule has 7 nitrogen and oxygen atoms in total. The fourth-order valence-electron chi connectivity index (χ4n) is 7.11. The molecule has 0 bridgehead atoms. The van der Waals surface area contributed by atoms with Crippen molar-refractivity contribution >= 4 is 5.91 Å². The van der Waals surface area contributed by atoms with Gasteiger partial charge in [0.1, 0.15) is 6.33 Å². The number of likely N-dealkylation sites (tertiary alicyclic amines) is 1. The minimum Gasteiger partial charge on any atom is -0.391 e. The Kier molecular flexibility index (Phi) is 7.98. The molecule has 0 spiro atoms. The van der Waals surface area contributed by atoms with Crippen LogP contribution >= 0.6 is 0 Å². The number of allylic oxidation sites excluding steroid dienone is 4. The lowest BCUT2D eigenvalue weighted by molar-refractivity contribution is -0.0884. The second-order valence-electron chi connectivity index (χ2n) is 12.1. The van der Waals surface area contributed by atoms with Crippen LogP contribution in [0.3, 0.4) is 0 Å². The lowest BCUT2D eigenvalue weighted by Crippen LogP contribution is -2.64. The molecular formula is C30H40F3N5O2. The highest BCUT2D eigenvalue weighted by molar-refractivity contribution is 5.96. The largest absolute Gasteiger partial charge is 0.416 e. The Bertz CT molecular complexity index is 1210. The third kappa shape index (κ3) is 5.50. The standard InChI is InChI=1S/C30H40F3N5O2/c1-19-17-37(29(4)10-12-36(13-11-29)28(40)26-20(2)34-18-35-21(26)3)14-15-38(19)27-24-7-5-6-23(30(31,32)33)9-8-22(24)16-25(27)39/h5-6,9,18-19,25,27,39H,7-8,10-17H2,1-4H3/b6-5?,23-9+/t19-,25?,27?/m0/s1. The van der Waals surface area contributed by atoms with Gasteiger partial charge in [-0.3, -0.25) is 14.6 Å². The summed E-state index contributed by atoms with van der Waals surface area (Å²) in [5.74, 6) is 0.000543. The predicted octanol–water partition coefficient (Wildman–Crippen LogP) is 4.36. The van der Waals surface area contributed by atoms with Crippen LogP contribution in [0.25, 0.3) is 0 Å². The first kappa shape index (κ1) is 29.0. The van der Waals surface area contributed by atoms with Gasteiger partial charge in [0.2, 0.25) is 0 Å². The molecule has 1 aromatic rings. The van der Waals surface area contributed by atoms with Gasteiger partial charge in [-0.05, 0) is 65.4 Å². The molecule has 218 valence electrons. The van der Waals surface area contributed by atoms with Crippen LogP contribution in [0.1, 0.15) is 67.7 Å². The number of alkyl halides is 3. The van der Waals surface area contributed by atoms with Crippen LogP contribution in [-0.2, 0) is 0 Å². The van der Waals surface area contributed by atoms with E-state index in [0.717, 1.165) is 43.6 Å². The van der Waals surface area contributed by atoms with Gasteiger partial charge < -0.3 is 10.0 Å².